The van der Waals surface area contributed by atoms with Crippen LogP contribution in [0.25, 0.3) is 10.8 Å². The Bertz CT molecular complexity index is 1200. The van der Waals surface area contributed by atoms with Gasteiger partial charge >= 0.3 is 0 Å². The molecular formula is C23H27N3O4S. The number of aromatic nitrogens is 2. The lowest BCUT2D eigenvalue weighted by Gasteiger charge is -2.11. The summed E-state index contributed by atoms with van der Waals surface area (Å²) in [7, 11) is -3.40. The molecule has 0 aliphatic rings. The molecule has 0 spiro atoms. The lowest BCUT2D eigenvalue weighted by atomic mass is 10.1. The van der Waals surface area contributed by atoms with Crippen molar-refractivity contribution in [2.45, 2.75) is 44.0 Å². The fourth-order valence-electron chi connectivity index (χ4n) is 3.36. The minimum atomic E-state index is -3.40. The number of carbonyl (C=O) groups excluding carboxylic acids is 1. The number of hydrogen-bond acceptors (Lipinski definition) is 5. The molecule has 7 nitrogen and oxygen atoms in total. The number of aryl methyl sites for hydroxylation is 1. The van der Waals surface area contributed by atoms with Gasteiger partial charge in [0.1, 0.15) is 0 Å². The van der Waals surface area contributed by atoms with Gasteiger partial charge in [0.25, 0.3) is 11.5 Å². The van der Waals surface area contributed by atoms with E-state index in [1.54, 1.807) is 54.6 Å². The number of amides is 1. The van der Waals surface area contributed by atoms with Crippen LogP contribution in [0.1, 0.15) is 43.1 Å². The van der Waals surface area contributed by atoms with E-state index in [0.717, 1.165) is 19.3 Å². The van der Waals surface area contributed by atoms with E-state index >= 15 is 0 Å². The molecule has 3 aromatic rings. The Balaban J connectivity index is 1.71. The molecule has 1 N–H and O–H groups in total. The summed E-state index contributed by atoms with van der Waals surface area (Å²) in [5, 5.41) is 8.01. The third-order valence-electron chi connectivity index (χ3n) is 5.03. The summed E-state index contributed by atoms with van der Waals surface area (Å²) in [6, 6.07) is 15.2. The first kappa shape index (κ1) is 22.7. The third-order valence-corrected chi connectivity index (χ3v) is 6.85. The molecule has 0 radical (unpaired) electrons. The highest BCUT2D eigenvalue weighted by Crippen LogP contribution is 2.14. The van der Waals surface area contributed by atoms with Crippen molar-refractivity contribution in [1.29, 1.82) is 0 Å². The van der Waals surface area contributed by atoms with E-state index in [2.05, 4.69) is 17.3 Å². The molecule has 1 heterocycles. The Morgan fingerprint density at radius 1 is 0.968 bits per heavy atom. The van der Waals surface area contributed by atoms with E-state index in [-0.39, 0.29) is 34.9 Å². The molecule has 0 atom stereocenters. The minimum absolute atomic E-state index is 0.0675. The van der Waals surface area contributed by atoms with Crippen LogP contribution in [0.2, 0.25) is 0 Å². The van der Waals surface area contributed by atoms with Gasteiger partial charge in [0.05, 0.1) is 16.0 Å². The van der Waals surface area contributed by atoms with E-state index in [0.29, 0.717) is 17.3 Å². The van der Waals surface area contributed by atoms with Crippen LogP contribution in [0.4, 0.5) is 0 Å². The summed E-state index contributed by atoms with van der Waals surface area (Å²) in [5.74, 6) is -0.486. The molecule has 0 aliphatic heterocycles. The lowest BCUT2D eigenvalue weighted by molar-refractivity contribution is 0.0948. The first-order chi connectivity index (χ1) is 14.9. The molecule has 0 fully saturated rings. The Morgan fingerprint density at radius 2 is 1.65 bits per heavy atom. The van der Waals surface area contributed by atoms with Crippen LogP contribution >= 0.6 is 0 Å². The third kappa shape index (κ3) is 5.58. The monoisotopic (exact) mass is 441 g/mol. The van der Waals surface area contributed by atoms with Crippen molar-refractivity contribution in [2.75, 3.05) is 12.3 Å². The molecule has 2 aromatic carbocycles. The van der Waals surface area contributed by atoms with Gasteiger partial charge in [0, 0.05) is 18.5 Å². The summed E-state index contributed by atoms with van der Waals surface area (Å²) >= 11 is 0. The Morgan fingerprint density at radius 3 is 2.35 bits per heavy atom. The van der Waals surface area contributed by atoms with Crippen molar-refractivity contribution in [3.63, 3.8) is 0 Å². The molecule has 0 saturated carbocycles. The number of benzene rings is 2. The molecular weight excluding hydrogens is 414 g/mol. The van der Waals surface area contributed by atoms with Gasteiger partial charge in [-0.15, -0.1) is 0 Å². The molecule has 1 aromatic heterocycles. The van der Waals surface area contributed by atoms with Crippen molar-refractivity contribution in [3.05, 3.63) is 70.6 Å². The van der Waals surface area contributed by atoms with E-state index in [1.807, 2.05) is 0 Å². The zero-order chi connectivity index (χ0) is 22.3. The Kier molecular flexibility index (Phi) is 7.57. The summed E-state index contributed by atoms with van der Waals surface area (Å²) in [5.41, 5.74) is -0.0326. The van der Waals surface area contributed by atoms with Gasteiger partial charge in [0.15, 0.2) is 15.5 Å². The molecule has 0 bridgehead atoms. The summed E-state index contributed by atoms with van der Waals surface area (Å²) < 4.78 is 26.1. The molecule has 0 unspecified atom stereocenters. The number of unbranched alkanes of at least 4 members (excludes halogenated alkanes) is 2. The van der Waals surface area contributed by atoms with E-state index in [1.165, 1.54) is 4.68 Å². The number of nitrogens with one attached hydrogen (secondary N) is 1. The van der Waals surface area contributed by atoms with Crippen LogP contribution in [-0.2, 0) is 16.4 Å². The molecule has 164 valence electrons. The van der Waals surface area contributed by atoms with Crippen molar-refractivity contribution < 1.29 is 13.2 Å². The quantitative estimate of drug-likeness (QED) is 0.487. The second kappa shape index (κ2) is 10.3. The van der Waals surface area contributed by atoms with Gasteiger partial charge < -0.3 is 5.32 Å². The first-order valence-electron chi connectivity index (χ1n) is 10.5. The largest absolute Gasteiger partial charge is 0.351 e. The smallest absolute Gasteiger partial charge is 0.274 e. The standard InChI is InChI=1S/C23H27N3O4S/c1-2-3-9-16-26-23(28)20-14-8-7-13-19(20)21(25-26)22(27)24-15-10-17-31(29,30)18-11-5-4-6-12-18/h4-8,11-14H,2-3,9-10,15-17H2,1H3,(H,24,27). The zero-order valence-electron chi connectivity index (χ0n) is 17.6. The maximum absolute atomic E-state index is 12.8. The average Bonchev–Trinajstić information content (AvgIpc) is 2.79. The number of fused-ring (bicyclic) bond motifs is 1. The summed E-state index contributed by atoms with van der Waals surface area (Å²) in [6.07, 6.45) is 3.07. The maximum Gasteiger partial charge on any atom is 0.274 e. The molecule has 0 saturated heterocycles. The van der Waals surface area contributed by atoms with Crippen LogP contribution in [0.5, 0.6) is 0 Å². The van der Waals surface area contributed by atoms with E-state index in [4.69, 9.17) is 0 Å². The van der Waals surface area contributed by atoms with Gasteiger partial charge in [-0.1, -0.05) is 56.2 Å². The predicted molar refractivity (Wildman–Crippen MR) is 121 cm³/mol. The number of rotatable bonds is 10. The first-order valence-corrected chi connectivity index (χ1v) is 12.1. The predicted octanol–water partition coefficient (Wildman–Crippen LogP) is 3.18. The fraction of sp³-hybridized carbons (Fsp3) is 0.348. The normalized spacial score (nSPS) is 11.5. The second-order valence-corrected chi connectivity index (χ2v) is 9.48. The molecule has 0 aliphatic carbocycles. The Hall–Kier alpha value is -3.00. The van der Waals surface area contributed by atoms with Crippen LogP contribution < -0.4 is 10.9 Å². The van der Waals surface area contributed by atoms with Gasteiger partial charge in [-0.2, -0.15) is 5.10 Å². The highest BCUT2D eigenvalue weighted by atomic mass is 32.2. The van der Waals surface area contributed by atoms with E-state index < -0.39 is 15.7 Å². The van der Waals surface area contributed by atoms with E-state index in [9.17, 15) is 18.0 Å². The summed E-state index contributed by atoms with van der Waals surface area (Å²) in [4.78, 5) is 25.8. The number of nitrogens with zero attached hydrogens (tertiary/aromatic N) is 2. The van der Waals surface area contributed by atoms with Crippen molar-refractivity contribution in [1.82, 2.24) is 15.1 Å². The number of hydrogen-bond donors (Lipinski definition) is 1. The van der Waals surface area contributed by atoms with Crippen molar-refractivity contribution >= 4 is 26.5 Å². The maximum atomic E-state index is 12.8. The topological polar surface area (TPSA) is 98.1 Å². The van der Waals surface area contributed by atoms with Crippen LogP contribution in [0.15, 0.2) is 64.3 Å². The van der Waals surface area contributed by atoms with Crippen LogP contribution in [-0.4, -0.2) is 36.4 Å². The fourth-order valence-corrected chi connectivity index (χ4v) is 4.69. The van der Waals surface area contributed by atoms with Crippen LogP contribution in [0, 0.1) is 0 Å². The molecule has 3 rings (SSSR count). The highest BCUT2D eigenvalue weighted by molar-refractivity contribution is 7.91. The highest BCUT2D eigenvalue weighted by Gasteiger charge is 2.17. The second-order valence-electron chi connectivity index (χ2n) is 7.37. The van der Waals surface area contributed by atoms with Crippen LogP contribution in [0.3, 0.4) is 0 Å². The lowest BCUT2D eigenvalue weighted by Crippen LogP contribution is -2.31. The molecule has 31 heavy (non-hydrogen) atoms. The van der Waals surface area contributed by atoms with Crippen molar-refractivity contribution in [2.24, 2.45) is 0 Å². The zero-order valence-corrected chi connectivity index (χ0v) is 18.4. The van der Waals surface area contributed by atoms with Gasteiger partial charge in [-0.3, -0.25) is 9.59 Å². The van der Waals surface area contributed by atoms with Gasteiger partial charge in [-0.25, -0.2) is 13.1 Å². The number of carbonyl (C=O) groups is 1. The molecule has 8 heteroatoms. The minimum Gasteiger partial charge on any atom is -0.351 e. The van der Waals surface area contributed by atoms with Gasteiger partial charge in [0.2, 0.25) is 0 Å². The van der Waals surface area contributed by atoms with Gasteiger partial charge in [-0.05, 0) is 31.0 Å². The average molecular weight is 442 g/mol. The summed E-state index contributed by atoms with van der Waals surface area (Å²) in [6.45, 7) is 2.72. The molecule has 1 amide bonds. The Labute approximate surface area is 182 Å². The number of sulfone groups is 1. The van der Waals surface area contributed by atoms with Crippen molar-refractivity contribution in [3.8, 4) is 0 Å². The SMILES string of the molecule is CCCCCn1nc(C(=O)NCCCS(=O)(=O)c2ccccc2)c2ccccc2c1=O.